The maximum Gasteiger partial charge on any atom is 0.420 e. The first kappa shape index (κ1) is 11.1. The van der Waals surface area contributed by atoms with Gasteiger partial charge in [-0.2, -0.15) is 4.90 Å². The summed E-state index contributed by atoms with van der Waals surface area (Å²) < 4.78 is 0.687. The standard InChI is InChI=1S/C10H9BrN2O3/c11-7-3-4-12-8(5-7)13(10(15)16)9(14)6-1-2-6/h3-6H,1-2H2,(H,15,16). The number of aromatic nitrogens is 1. The Labute approximate surface area is 100 Å². The van der Waals surface area contributed by atoms with Gasteiger partial charge in [-0.25, -0.2) is 9.78 Å². The summed E-state index contributed by atoms with van der Waals surface area (Å²) in [4.78, 5) is 27.4. The number of hydrogen-bond acceptors (Lipinski definition) is 3. The van der Waals surface area contributed by atoms with Gasteiger partial charge in [-0.3, -0.25) is 4.79 Å². The second-order valence-corrected chi connectivity index (χ2v) is 4.48. The molecule has 1 aromatic heterocycles. The van der Waals surface area contributed by atoms with Crippen LogP contribution in [0.5, 0.6) is 0 Å². The van der Waals surface area contributed by atoms with Gasteiger partial charge in [0.1, 0.15) is 5.82 Å². The number of nitrogens with zero attached hydrogens (tertiary/aromatic N) is 2. The molecule has 0 spiro atoms. The molecule has 1 aromatic rings. The minimum atomic E-state index is -1.29. The van der Waals surface area contributed by atoms with Crippen LogP contribution in [0.1, 0.15) is 12.8 Å². The van der Waals surface area contributed by atoms with Crippen molar-refractivity contribution in [3.05, 3.63) is 22.8 Å². The van der Waals surface area contributed by atoms with E-state index in [9.17, 15) is 9.59 Å². The summed E-state index contributed by atoms with van der Waals surface area (Å²) in [5.41, 5.74) is 0. The Morgan fingerprint density at radius 2 is 2.19 bits per heavy atom. The molecule has 1 heterocycles. The second-order valence-electron chi connectivity index (χ2n) is 3.56. The molecule has 84 valence electrons. The van der Waals surface area contributed by atoms with Gasteiger partial charge in [-0.05, 0) is 25.0 Å². The molecule has 0 aromatic carbocycles. The van der Waals surface area contributed by atoms with Crippen molar-refractivity contribution < 1.29 is 14.7 Å². The number of amides is 2. The number of halogens is 1. The minimum absolute atomic E-state index is 0.138. The molecule has 2 rings (SSSR count). The van der Waals surface area contributed by atoms with E-state index in [2.05, 4.69) is 20.9 Å². The first-order chi connectivity index (χ1) is 7.59. The average molecular weight is 285 g/mol. The normalized spacial score (nSPS) is 14.6. The van der Waals surface area contributed by atoms with Crippen LogP contribution in [0.3, 0.4) is 0 Å². The number of imide groups is 1. The molecule has 1 N–H and O–H groups in total. The van der Waals surface area contributed by atoms with Crippen LogP contribution in [0.2, 0.25) is 0 Å². The molecule has 1 aliphatic carbocycles. The number of pyridine rings is 1. The zero-order chi connectivity index (χ0) is 11.7. The van der Waals surface area contributed by atoms with Crippen molar-refractivity contribution in [2.75, 3.05) is 4.90 Å². The highest BCUT2D eigenvalue weighted by molar-refractivity contribution is 9.10. The Morgan fingerprint density at radius 3 is 2.69 bits per heavy atom. The Balaban J connectivity index is 2.31. The van der Waals surface area contributed by atoms with Crippen LogP contribution < -0.4 is 4.90 Å². The highest BCUT2D eigenvalue weighted by atomic mass is 79.9. The van der Waals surface area contributed by atoms with Crippen LogP contribution in [0.15, 0.2) is 22.8 Å². The summed E-state index contributed by atoms with van der Waals surface area (Å²) in [6.07, 6.45) is 1.69. The van der Waals surface area contributed by atoms with Crippen LogP contribution in [0.4, 0.5) is 10.6 Å². The minimum Gasteiger partial charge on any atom is -0.464 e. The van der Waals surface area contributed by atoms with Crippen molar-refractivity contribution >= 4 is 33.7 Å². The number of carbonyl (C=O) groups excluding carboxylic acids is 1. The third-order valence-corrected chi connectivity index (χ3v) is 2.77. The second kappa shape index (κ2) is 4.21. The van der Waals surface area contributed by atoms with Gasteiger partial charge in [0.15, 0.2) is 0 Å². The van der Waals surface area contributed by atoms with E-state index in [1.807, 2.05) is 0 Å². The van der Waals surface area contributed by atoms with E-state index in [0.717, 1.165) is 12.8 Å². The molecule has 0 unspecified atom stereocenters. The molecule has 0 aliphatic heterocycles. The lowest BCUT2D eigenvalue weighted by atomic mass is 10.3. The SMILES string of the molecule is O=C(O)N(C(=O)C1CC1)c1cc(Br)ccn1. The zero-order valence-corrected chi connectivity index (χ0v) is 9.85. The monoisotopic (exact) mass is 284 g/mol. The fourth-order valence-corrected chi connectivity index (χ4v) is 1.66. The molecule has 0 saturated heterocycles. The zero-order valence-electron chi connectivity index (χ0n) is 8.26. The molecule has 16 heavy (non-hydrogen) atoms. The highest BCUT2D eigenvalue weighted by Crippen LogP contribution is 2.32. The Bertz CT molecular complexity index is 445. The van der Waals surface area contributed by atoms with Crippen LogP contribution in [0.25, 0.3) is 0 Å². The number of anilines is 1. The lowest BCUT2D eigenvalue weighted by Gasteiger charge is -2.15. The van der Waals surface area contributed by atoms with Gasteiger partial charge in [-0.15, -0.1) is 0 Å². The lowest BCUT2D eigenvalue weighted by Crippen LogP contribution is -2.37. The highest BCUT2D eigenvalue weighted by Gasteiger charge is 2.37. The lowest BCUT2D eigenvalue weighted by molar-refractivity contribution is -0.119. The van der Waals surface area contributed by atoms with Crippen LogP contribution in [0, 0.1) is 5.92 Å². The molecular formula is C10H9BrN2O3. The van der Waals surface area contributed by atoms with E-state index < -0.39 is 12.0 Å². The maximum atomic E-state index is 11.7. The smallest absolute Gasteiger partial charge is 0.420 e. The van der Waals surface area contributed by atoms with E-state index >= 15 is 0 Å². The van der Waals surface area contributed by atoms with Crippen LogP contribution >= 0.6 is 15.9 Å². The third-order valence-electron chi connectivity index (χ3n) is 2.27. The maximum absolute atomic E-state index is 11.7. The number of carbonyl (C=O) groups is 2. The molecule has 0 atom stereocenters. The molecule has 2 amide bonds. The predicted octanol–water partition coefficient (Wildman–Crippen LogP) is 2.27. The van der Waals surface area contributed by atoms with Crippen LogP contribution in [-0.4, -0.2) is 22.1 Å². The first-order valence-electron chi connectivity index (χ1n) is 4.78. The summed E-state index contributed by atoms with van der Waals surface area (Å²) in [5, 5.41) is 9.01. The molecule has 6 heteroatoms. The van der Waals surface area contributed by atoms with Gasteiger partial charge in [0.25, 0.3) is 0 Å². The van der Waals surface area contributed by atoms with E-state index in [4.69, 9.17) is 5.11 Å². The quantitative estimate of drug-likeness (QED) is 0.904. The molecule has 1 saturated carbocycles. The van der Waals surface area contributed by atoms with Crippen molar-refractivity contribution in [3.8, 4) is 0 Å². The van der Waals surface area contributed by atoms with E-state index in [1.165, 1.54) is 12.3 Å². The molecule has 5 nitrogen and oxygen atoms in total. The van der Waals surface area contributed by atoms with Gasteiger partial charge in [0.2, 0.25) is 5.91 Å². The van der Waals surface area contributed by atoms with Crippen molar-refractivity contribution in [3.63, 3.8) is 0 Å². The topological polar surface area (TPSA) is 70.5 Å². The Kier molecular flexibility index (Phi) is 2.91. The number of rotatable bonds is 2. The van der Waals surface area contributed by atoms with E-state index in [-0.39, 0.29) is 11.7 Å². The molecule has 0 bridgehead atoms. The number of hydrogen-bond donors (Lipinski definition) is 1. The summed E-state index contributed by atoms with van der Waals surface area (Å²) >= 11 is 3.21. The van der Waals surface area contributed by atoms with Crippen molar-refractivity contribution in [2.24, 2.45) is 5.92 Å². The summed E-state index contributed by atoms with van der Waals surface area (Å²) in [5.74, 6) is -0.409. The van der Waals surface area contributed by atoms with Crippen LogP contribution in [-0.2, 0) is 4.79 Å². The molecule has 1 fully saturated rings. The van der Waals surface area contributed by atoms with Gasteiger partial charge in [0, 0.05) is 16.6 Å². The fourth-order valence-electron chi connectivity index (χ4n) is 1.33. The van der Waals surface area contributed by atoms with Crippen molar-refractivity contribution in [1.29, 1.82) is 0 Å². The average Bonchev–Trinajstić information content (AvgIpc) is 3.00. The fraction of sp³-hybridized carbons (Fsp3) is 0.300. The van der Waals surface area contributed by atoms with Crippen molar-refractivity contribution in [1.82, 2.24) is 4.98 Å². The van der Waals surface area contributed by atoms with Gasteiger partial charge in [0.05, 0.1) is 0 Å². The first-order valence-corrected chi connectivity index (χ1v) is 5.57. The molecule has 0 radical (unpaired) electrons. The van der Waals surface area contributed by atoms with Crippen molar-refractivity contribution in [2.45, 2.75) is 12.8 Å². The summed E-state index contributed by atoms with van der Waals surface area (Å²) in [7, 11) is 0. The summed E-state index contributed by atoms with van der Waals surface area (Å²) in [6, 6.07) is 3.18. The van der Waals surface area contributed by atoms with E-state index in [0.29, 0.717) is 9.37 Å². The van der Waals surface area contributed by atoms with E-state index in [1.54, 1.807) is 6.07 Å². The Morgan fingerprint density at radius 1 is 1.50 bits per heavy atom. The van der Waals surface area contributed by atoms with Gasteiger partial charge < -0.3 is 5.11 Å². The third kappa shape index (κ3) is 2.21. The number of carboxylic acid groups (broad SMARTS) is 1. The van der Waals surface area contributed by atoms with Gasteiger partial charge in [-0.1, -0.05) is 15.9 Å². The predicted molar refractivity (Wildman–Crippen MR) is 60.2 cm³/mol. The largest absolute Gasteiger partial charge is 0.464 e. The summed E-state index contributed by atoms with van der Waals surface area (Å²) in [6.45, 7) is 0. The Hall–Kier alpha value is -1.43. The molecular weight excluding hydrogens is 276 g/mol. The van der Waals surface area contributed by atoms with Gasteiger partial charge >= 0.3 is 6.09 Å². The molecule has 1 aliphatic rings.